The number of anilines is 1. The van der Waals surface area contributed by atoms with Gasteiger partial charge in [0, 0.05) is 25.0 Å². The van der Waals surface area contributed by atoms with E-state index in [2.05, 4.69) is 20.5 Å². The summed E-state index contributed by atoms with van der Waals surface area (Å²) in [6.07, 6.45) is 7.24. The van der Waals surface area contributed by atoms with Crippen LogP contribution in [0.4, 0.5) is 5.82 Å². The fourth-order valence-electron chi connectivity index (χ4n) is 2.03. The van der Waals surface area contributed by atoms with Crippen LogP contribution < -0.4 is 10.9 Å². The molecule has 0 amide bonds. The quantitative estimate of drug-likeness (QED) is 0.860. The van der Waals surface area contributed by atoms with E-state index >= 15 is 0 Å². The maximum Gasteiger partial charge on any atom is 0.293 e. The van der Waals surface area contributed by atoms with Gasteiger partial charge in [0.15, 0.2) is 11.6 Å². The normalized spacial score (nSPS) is 14.6. The smallest absolute Gasteiger partial charge is 0.293 e. The van der Waals surface area contributed by atoms with Gasteiger partial charge in [0.05, 0.1) is 6.54 Å². The molecule has 3 rings (SSSR count). The Morgan fingerprint density at radius 3 is 3.05 bits per heavy atom. The van der Waals surface area contributed by atoms with Crippen molar-refractivity contribution in [3.8, 4) is 0 Å². The number of hydrogen-bond donors (Lipinski definition) is 1. The van der Waals surface area contributed by atoms with E-state index in [1.807, 2.05) is 11.5 Å². The average Bonchev–Trinajstić information content (AvgIpc) is 3.16. The summed E-state index contributed by atoms with van der Waals surface area (Å²) in [5.74, 6) is 1.17. The molecule has 100 valence electrons. The summed E-state index contributed by atoms with van der Waals surface area (Å²) in [4.78, 5) is 16.3. The fraction of sp³-hybridized carbons (Fsp3) is 0.500. The standard InChI is InChI=1S/C12H16N6O/c1-2-17-8-15-16-10(17)7-14-11-12(19)18(6-5-13-11)9-3-4-9/h5-6,8-9H,2-4,7H2,1H3,(H,13,14). The predicted molar refractivity (Wildman–Crippen MR) is 69.8 cm³/mol. The molecule has 2 aromatic rings. The van der Waals surface area contributed by atoms with Crippen LogP contribution in [0.25, 0.3) is 0 Å². The van der Waals surface area contributed by atoms with Crippen molar-refractivity contribution < 1.29 is 0 Å². The van der Waals surface area contributed by atoms with Crippen molar-refractivity contribution in [1.82, 2.24) is 24.3 Å². The van der Waals surface area contributed by atoms with Gasteiger partial charge in [-0.15, -0.1) is 10.2 Å². The van der Waals surface area contributed by atoms with Gasteiger partial charge in [0.25, 0.3) is 5.56 Å². The summed E-state index contributed by atoms with van der Waals surface area (Å²) < 4.78 is 3.68. The third-order valence-electron chi connectivity index (χ3n) is 3.26. The third-order valence-corrected chi connectivity index (χ3v) is 3.26. The van der Waals surface area contributed by atoms with Crippen LogP contribution in [0.3, 0.4) is 0 Å². The molecule has 1 N–H and O–H groups in total. The Labute approximate surface area is 110 Å². The Bertz CT molecular complexity index is 627. The van der Waals surface area contributed by atoms with Crippen LogP contribution in [0.2, 0.25) is 0 Å². The highest BCUT2D eigenvalue weighted by Gasteiger charge is 2.25. The lowest BCUT2D eigenvalue weighted by Crippen LogP contribution is -2.24. The Morgan fingerprint density at radius 2 is 2.32 bits per heavy atom. The molecule has 0 unspecified atom stereocenters. The summed E-state index contributed by atoms with van der Waals surface area (Å²) in [5, 5.41) is 10.9. The molecule has 0 spiro atoms. The van der Waals surface area contributed by atoms with Crippen molar-refractivity contribution in [2.45, 2.75) is 38.9 Å². The monoisotopic (exact) mass is 260 g/mol. The van der Waals surface area contributed by atoms with E-state index in [0.29, 0.717) is 18.4 Å². The van der Waals surface area contributed by atoms with Crippen LogP contribution in [-0.4, -0.2) is 24.3 Å². The van der Waals surface area contributed by atoms with Crippen molar-refractivity contribution in [2.75, 3.05) is 5.32 Å². The van der Waals surface area contributed by atoms with E-state index in [1.165, 1.54) is 0 Å². The Balaban J connectivity index is 1.77. The van der Waals surface area contributed by atoms with Crippen LogP contribution in [-0.2, 0) is 13.1 Å². The minimum absolute atomic E-state index is 0.0624. The van der Waals surface area contributed by atoms with E-state index in [4.69, 9.17) is 0 Å². The molecule has 2 aromatic heterocycles. The van der Waals surface area contributed by atoms with Crippen LogP contribution in [0, 0.1) is 0 Å². The second-order valence-electron chi connectivity index (χ2n) is 4.61. The first-order valence-electron chi connectivity index (χ1n) is 6.47. The second-order valence-corrected chi connectivity index (χ2v) is 4.61. The summed E-state index contributed by atoms with van der Waals surface area (Å²) in [6, 6.07) is 0.357. The molecule has 0 radical (unpaired) electrons. The molecule has 1 aliphatic rings. The highest BCUT2D eigenvalue weighted by atomic mass is 16.1. The van der Waals surface area contributed by atoms with Crippen LogP contribution >= 0.6 is 0 Å². The summed E-state index contributed by atoms with van der Waals surface area (Å²) in [5.41, 5.74) is -0.0624. The molecular formula is C12H16N6O. The average molecular weight is 260 g/mol. The molecule has 0 atom stereocenters. The first-order chi connectivity index (χ1) is 9.29. The van der Waals surface area contributed by atoms with Crippen molar-refractivity contribution in [3.05, 3.63) is 34.9 Å². The highest BCUT2D eigenvalue weighted by Crippen LogP contribution is 2.33. The topological polar surface area (TPSA) is 77.6 Å². The van der Waals surface area contributed by atoms with Gasteiger partial charge >= 0.3 is 0 Å². The van der Waals surface area contributed by atoms with Gasteiger partial charge in [-0.2, -0.15) is 0 Å². The van der Waals surface area contributed by atoms with Gasteiger partial charge in [-0.05, 0) is 19.8 Å². The summed E-state index contributed by atoms with van der Waals surface area (Å²) >= 11 is 0. The Hall–Kier alpha value is -2.18. The van der Waals surface area contributed by atoms with Crippen molar-refractivity contribution in [2.24, 2.45) is 0 Å². The van der Waals surface area contributed by atoms with Gasteiger partial charge in [-0.3, -0.25) is 4.79 Å². The molecule has 7 nitrogen and oxygen atoms in total. The predicted octanol–water partition coefficient (Wildman–Crippen LogP) is 0.802. The lowest BCUT2D eigenvalue weighted by molar-refractivity contribution is 0.691. The second kappa shape index (κ2) is 4.83. The molecule has 2 heterocycles. The number of nitrogens with zero attached hydrogens (tertiary/aromatic N) is 5. The van der Waals surface area contributed by atoms with Crippen molar-refractivity contribution >= 4 is 5.82 Å². The first kappa shape index (κ1) is 11.9. The molecule has 1 fully saturated rings. The maximum atomic E-state index is 12.2. The molecule has 0 aromatic carbocycles. The first-order valence-corrected chi connectivity index (χ1v) is 6.47. The van der Waals surface area contributed by atoms with Gasteiger partial charge < -0.3 is 14.5 Å². The molecular weight excluding hydrogens is 244 g/mol. The van der Waals surface area contributed by atoms with E-state index in [1.54, 1.807) is 23.3 Å². The van der Waals surface area contributed by atoms with Gasteiger partial charge in [0.1, 0.15) is 6.33 Å². The number of aryl methyl sites for hydroxylation is 1. The van der Waals surface area contributed by atoms with Crippen LogP contribution in [0.5, 0.6) is 0 Å². The number of nitrogens with one attached hydrogen (secondary N) is 1. The fourth-order valence-corrected chi connectivity index (χ4v) is 2.03. The van der Waals surface area contributed by atoms with Crippen LogP contribution in [0.1, 0.15) is 31.6 Å². The molecule has 1 aliphatic carbocycles. The largest absolute Gasteiger partial charge is 0.358 e. The Kier molecular flexibility index (Phi) is 3.02. The number of rotatable bonds is 5. The minimum atomic E-state index is -0.0624. The lowest BCUT2D eigenvalue weighted by atomic mass is 10.5. The zero-order valence-corrected chi connectivity index (χ0v) is 10.8. The van der Waals surface area contributed by atoms with E-state index in [0.717, 1.165) is 25.2 Å². The Morgan fingerprint density at radius 1 is 1.47 bits per heavy atom. The van der Waals surface area contributed by atoms with Gasteiger partial charge in [-0.1, -0.05) is 0 Å². The molecule has 7 heteroatoms. The highest BCUT2D eigenvalue weighted by molar-refractivity contribution is 5.31. The molecule has 19 heavy (non-hydrogen) atoms. The van der Waals surface area contributed by atoms with Crippen LogP contribution in [0.15, 0.2) is 23.5 Å². The molecule has 1 saturated carbocycles. The van der Waals surface area contributed by atoms with Crippen molar-refractivity contribution in [1.29, 1.82) is 0 Å². The lowest BCUT2D eigenvalue weighted by Gasteiger charge is -2.08. The zero-order valence-electron chi connectivity index (χ0n) is 10.8. The molecule has 0 aliphatic heterocycles. The summed E-state index contributed by atoms with van der Waals surface area (Å²) in [6.45, 7) is 3.27. The van der Waals surface area contributed by atoms with E-state index < -0.39 is 0 Å². The summed E-state index contributed by atoms with van der Waals surface area (Å²) in [7, 11) is 0. The van der Waals surface area contributed by atoms with E-state index in [9.17, 15) is 4.79 Å². The molecule has 0 bridgehead atoms. The zero-order chi connectivity index (χ0) is 13.2. The SMILES string of the molecule is CCn1cnnc1CNc1nccn(C2CC2)c1=O. The minimum Gasteiger partial charge on any atom is -0.358 e. The number of hydrogen-bond acceptors (Lipinski definition) is 5. The van der Waals surface area contributed by atoms with Crippen molar-refractivity contribution in [3.63, 3.8) is 0 Å². The van der Waals surface area contributed by atoms with E-state index in [-0.39, 0.29) is 5.56 Å². The number of aromatic nitrogens is 5. The van der Waals surface area contributed by atoms with Gasteiger partial charge in [-0.25, -0.2) is 4.98 Å². The third kappa shape index (κ3) is 2.35. The maximum absolute atomic E-state index is 12.2. The molecule has 0 saturated heterocycles. The van der Waals surface area contributed by atoms with Gasteiger partial charge in [0.2, 0.25) is 0 Å².